The highest BCUT2D eigenvalue weighted by Crippen LogP contribution is 2.46. The molecule has 0 aromatic carbocycles. The van der Waals surface area contributed by atoms with Crippen LogP contribution in [0, 0.1) is 5.41 Å². The van der Waals surface area contributed by atoms with Gasteiger partial charge in [-0.15, -0.1) is 0 Å². The van der Waals surface area contributed by atoms with Gasteiger partial charge in [-0.05, 0) is 37.5 Å². The summed E-state index contributed by atoms with van der Waals surface area (Å²) < 4.78 is 23.8. The third kappa shape index (κ3) is 2.14. The van der Waals surface area contributed by atoms with Gasteiger partial charge in [-0.25, -0.2) is 8.42 Å². The highest BCUT2D eigenvalue weighted by Gasteiger charge is 2.53. The molecule has 2 fully saturated rings. The van der Waals surface area contributed by atoms with Gasteiger partial charge in [0.1, 0.15) is 0 Å². The van der Waals surface area contributed by atoms with Gasteiger partial charge in [-0.3, -0.25) is 0 Å². The van der Waals surface area contributed by atoms with Crippen LogP contribution < -0.4 is 0 Å². The van der Waals surface area contributed by atoms with Crippen molar-refractivity contribution in [3.63, 3.8) is 0 Å². The van der Waals surface area contributed by atoms with E-state index < -0.39 is 15.4 Å². The molecular weight excluding hydrogens is 224 g/mol. The summed E-state index contributed by atoms with van der Waals surface area (Å²) in [5.74, 6) is 0. The van der Waals surface area contributed by atoms with Crippen molar-refractivity contribution in [2.24, 2.45) is 5.41 Å². The number of hydrogen-bond donors (Lipinski definition) is 1. The van der Waals surface area contributed by atoms with Crippen molar-refractivity contribution < 1.29 is 13.5 Å². The fourth-order valence-corrected chi connectivity index (χ4v) is 6.03. The lowest BCUT2D eigenvalue weighted by Gasteiger charge is -2.40. The molecule has 94 valence electrons. The molecule has 0 saturated carbocycles. The van der Waals surface area contributed by atoms with Crippen molar-refractivity contribution in [2.45, 2.75) is 69.0 Å². The van der Waals surface area contributed by atoms with E-state index in [2.05, 4.69) is 20.8 Å². The van der Waals surface area contributed by atoms with Crippen molar-refractivity contribution in [3.8, 4) is 0 Å². The first kappa shape index (κ1) is 12.4. The molecule has 2 aliphatic heterocycles. The molecular formula is C12H22O3S. The van der Waals surface area contributed by atoms with Crippen molar-refractivity contribution in [1.29, 1.82) is 0 Å². The zero-order chi connectivity index (χ0) is 12.2. The SMILES string of the molecule is CC(C)(C)CC1(O)CC2CCC(C1)S2(=O)=O. The average Bonchev–Trinajstić information content (AvgIpc) is 2.28. The van der Waals surface area contributed by atoms with Crippen molar-refractivity contribution >= 4 is 9.84 Å². The van der Waals surface area contributed by atoms with E-state index in [-0.39, 0.29) is 15.9 Å². The van der Waals surface area contributed by atoms with E-state index in [4.69, 9.17) is 0 Å². The minimum atomic E-state index is -2.92. The maximum atomic E-state index is 11.9. The third-order valence-corrected chi connectivity index (χ3v) is 6.48. The summed E-state index contributed by atoms with van der Waals surface area (Å²) in [4.78, 5) is 0. The van der Waals surface area contributed by atoms with Crippen molar-refractivity contribution in [2.75, 3.05) is 0 Å². The molecule has 3 nitrogen and oxygen atoms in total. The highest BCUT2D eigenvalue weighted by atomic mass is 32.2. The zero-order valence-electron chi connectivity index (χ0n) is 10.4. The van der Waals surface area contributed by atoms with E-state index in [0.29, 0.717) is 19.3 Å². The van der Waals surface area contributed by atoms with Crippen LogP contribution in [-0.4, -0.2) is 29.6 Å². The molecule has 4 heteroatoms. The fraction of sp³-hybridized carbons (Fsp3) is 1.00. The molecule has 0 aromatic heterocycles. The third-order valence-electron chi connectivity index (χ3n) is 3.81. The van der Waals surface area contributed by atoms with Crippen LogP contribution in [0.2, 0.25) is 0 Å². The normalized spacial score (nSPS) is 42.2. The Kier molecular flexibility index (Phi) is 2.67. The van der Waals surface area contributed by atoms with Crippen molar-refractivity contribution in [1.82, 2.24) is 0 Å². The number of fused-ring (bicyclic) bond motifs is 2. The Bertz CT molecular complexity index is 358. The summed E-state index contributed by atoms with van der Waals surface area (Å²) in [7, 11) is -2.92. The van der Waals surface area contributed by atoms with Gasteiger partial charge in [0.25, 0.3) is 0 Å². The van der Waals surface area contributed by atoms with E-state index in [9.17, 15) is 13.5 Å². The molecule has 0 aliphatic carbocycles. The summed E-state index contributed by atoms with van der Waals surface area (Å²) >= 11 is 0. The molecule has 2 aliphatic rings. The Morgan fingerprint density at radius 2 is 1.62 bits per heavy atom. The summed E-state index contributed by atoms with van der Waals surface area (Å²) in [6, 6.07) is 0. The Morgan fingerprint density at radius 3 is 2.00 bits per heavy atom. The summed E-state index contributed by atoms with van der Waals surface area (Å²) in [6.45, 7) is 6.28. The van der Waals surface area contributed by atoms with Gasteiger partial charge in [-0.1, -0.05) is 20.8 Å². The smallest absolute Gasteiger partial charge is 0.156 e. The predicted octanol–water partition coefficient (Wildman–Crippen LogP) is 1.89. The van der Waals surface area contributed by atoms with Crippen LogP contribution in [-0.2, 0) is 9.84 Å². The zero-order valence-corrected chi connectivity index (χ0v) is 11.2. The Labute approximate surface area is 98.2 Å². The number of rotatable bonds is 1. The van der Waals surface area contributed by atoms with E-state index >= 15 is 0 Å². The van der Waals surface area contributed by atoms with Crippen LogP contribution in [0.1, 0.15) is 52.9 Å². The van der Waals surface area contributed by atoms with E-state index in [1.807, 2.05) is 0 Å². The molecule has 2 atom stereocenters. The van der Waals surface area contributed by atoms with Crippen molar-refractivity contribution in [3.05, 3.63) is 0 Å². The molecule has 2 bridgehead atoms. The maximum absolute atomic E-state index is 11.9. The van der Waals surface area contributed by atoms with Crippen LogP contribution >= 0.6 is 0 Å². The molecule has 0 spiro atoms. The van der Waals surface area contributed by atoms with Gasteiger partial charge in [-0.2, -0.15) is 0 Å². The van der Waals surface area contributed by atoms with Crippen LogP contribution in [0.4, 0.5) is 0 Å². The quantitative estimate of drug-likeness (QED) is 0.768. The second kappa shape index (κ2) is 3.45. The van der Waals surface area contributed by atoms with Gasteiger partial charge in [0.2, 0.25) is 0 Å². The van der Waals surface area contributed by atoms with Gasteiger partial charge in [0, 0.05) is 0 Å². The van der Waals surface area contributed by atoms with Gasteiger partial charge in [0.05, 0.1) is 16.1 Å². The lowest BCUT2D eigenvalue weighted by Crippen LogP contribution is -2.46. The molecule has 0 amide bonds. The van der Waals surface area contributed by atoms with E-state index in [1.54, 1.807) is 0 Å². The summed E-state index contributed by atoms with van der Waals surface area (Å²) in [6.07, 6.45) is 3.09. The molecule has 0 aromatic rings. The minimum Gasteiger partial charge on any atom is -0.390 e. The first-order valence-electron chi connectivity index (χ1n) is 6.08. The average molecular weight is 246 g/mol. The Hall–Kier alpha value is -0.0900. The van der Waals surface area contributed by atoms with Crippen LogP contribution in [0.25, 0.3) is 0 Å². The van der Waals surface area contributed by atoms with Gasteiger partial charge >= 0.3 is 0 Å². The molecule has 2 rings (SSSR count). The number of hydrogen-bond acceptors (Lipinski definition) is 3. The standard InChI is InChI=1S/C12H22O3S/c1-11(2,3)8-12(13)6-9-4-5-10(7-12)16(9,14)15/h9-10,13H,4-8H2,1-3H3. The second-order valence-corrected chi connectivity index (χ2v) is 9.29. The fourth-order valence-electron chi connectivity index (χ4n) is 3.47. The number of aliphatic hydroxyl groups is 1. The molecule has 2 unspecified atom stereocenters. The molecule has 2 heterocycles. The molecule has 2 saturated heterocycles. The lowest BCUT2D eigenvalue weighted by molar-refractivity contribution is -0.0142. The number of sulfone groups is 1. The topological polar surface area (TPSA) is 54.4 Å². The van der Waals surface area contributed by atoms with Gasteiger partial charge in [0.15, 0.2) is 9.84 Å². The Balaban J connectivity index is 2.19. The predicted molar refractivity (Wildman–Crippen MR) is 64.0 cm³/mol. The van der Waals surface area contributed by atoms with E-state index in [1.165, 1.54) is 0 Å². The second-order valence-electron chi connectivity index (χ2n) is 6.78. The van der Waals surface area contributed by atoms with Crippen LogP contribution in [0.5, 0.6) is 0 Å². The lowest BCUT2D eigenvalue weighted by atomic mass is 9.78. The summed E-state index contributed by atoms with van der Waals surface area (Å²) in [5.41, 5.74) is -0.704. The summed E-state index contributed by atoms with van der Waals surface area (Å²) in [5, 5.41) is 10.00. The Morgan fingerprint density at radius 1 is 1.19 bits per heavy atom. The van der Waals surface area contributed by atoms with E-state index in [0.717, 1.165) is 12.8 Å². The van der Waals surface area contributed by atoms with Gasteiger partial charge < -0.3 is 5.11 Å². The molecule has 1 N–H and O–H groups in total. The first-order chi connectivity index (χ1) is 7.12. The monoisotopic (exact) mass is 246 g/mol. The van der Waals surface area contributed by atoms with Crippen LogP contribution in [0.15, 0.2) is 0 Å². The van der Waals surface area contributed by atoms with Crippen LogP contribution in [0.3, 0.4) is 0 Å². The minimum absolute atomic E-state index is 0.0509. The molecule has 0 radical (unpaired) electrons. The molecule has 16 heavy (non-hydrogen) atoms. The highest BCUT2D eigenvalue weighted by molar-refractivity contribution is 7.93. The largest absolute Gasteiger partial charge is 0.390 e. The maximum Gasteiger partial charge on any atom is 0.156 e. The first-order valence-corrected chi connectivity index (χ1v) is 7.69.